The molecule has 0 fully saturated rings. The van der Waals surface area contributed by atoms with Gasteiger partial charge in [-0.2, -0.15) is 0 Å². The van der Waals surface area contributed by atoms with E-state index in [1.165, 1.54) is 22.3 Å². The normalized spacial score (nSPS) is 12.5. The van der Waals surface area contributed by atoms with Gasteiger partial charge in [0.25, 0.3) is 5.56 Å². The number of para-hydroxylation sites is 2. The summed E-state index contributed by atoms with van der Waals surface area (Å²) in [6.45, 7) is 0.461. The number of nitrogens with one attached hydrogen (secondary N) is 2. The smallest absolute Gasteiger partial charge is 0.266 e. The van der Waals surface area contributed by atoms with Crippen molar-refractivity contribution in [3.05, 3.63) is 64.7 Å². The topological polar surface area (TPSA) is 128 Å². The number of amides is 1. The van der Waals surface area contributed by atoms with Crippen LogP contribution in [0.25, 0.3) is 28.1 Å². The zero-order valence-corrected chi connectivity index (χ0v) is 19.3. The number of aromatic amines is 1. The Bertz CT molecular complexity index is 1660. The molecule has 4 heterocycles. The summed E-state index contributed by atoms with van der Waals surface area (Å²) in [6.07, 6.45) is 0. The van der Waals surface area contributed by atoms with Crippen LogP contribution in [0.4, 0.5) is 0 Å². The van der Waals surface area contributed by atoms with Gasteiger partial charge in [0, 0.05) is 18.7 Å². The van der Waals surface area contributed by atoms with E-state index in [9.17, 15) is 9.59 Å². The summed E-state index contributed by atoms with van der Waals surface area (Å²) in [5.74, 6) is 2.33. The Morgan fingerprint density at radius 2 is 1.97 bits per heavy atom. The number of rotatable bonds is 6. The molecule has 0 spiro atoms. The summed E-state index contributed by atoms with van der Waals surface area (Å²) in [5, 5.41) is 6.01. The van der Waals surface area contributed by atoms with Crippen molar-refractivity contribution in [1.29, 1.82) is 0 Å². The number of H-pyrrole nitrogens is 1. The molecule has 176 valence electrons. The first-order chi connectivity index (χ1) is 17.0. The molecule has 0 radical (unpaired) electrons. The Morgan fingerprint density at radius 3 is 2.86 bits per heavy atom. The number of fused-ring (bicyclic) bond motifs is 3. The Kier molecular flexibility index (Phi) is 5.14. The second-order valence-corrected chi connectivity index (χ2v) is 8.80. The van der Waals surface area contributed by atoms with Crippen molar-refractivity contribution in [1.82, 2.24) is 34.4 Å². The van der Waals surface area contributed by atoms with Crippen LogP contribution in [0, 0.1) is 0 Å². The molecule has 0 bridgehead atoms. The number of aromatic nitrogens is 6. The van der Waals surface area contributed by atoms with E-state index in [0.29, 0.717) is 40.2 Å². The molecule has 0 saturated carbocycles. The van der Waals surface area contributed by atoms with Crippen LogP contribution >= 0.6 is 11.8 Å². The van der Waals surface area contributed by atoms with Gasteiger partial charge in [0.1, 0.15) is 5.82 Å². The van der Waals surface area contributed by atoms with Crippen LogP contribution in [-0.4, -0.2) is 47.6 Å². The van der Waals surface area contributed by atoms with Crippen molar-refractivity contribution in [2.45, 2.75) is 11.7 Å². The number of thioether (sulfide) groups is 1. The summed E-state index contributed by atoms with van der Waals surface area (Å²) in [6, 6.07) is 14.6. The summed E-state index contributed by atoms with van der Waals surface area (Å²) < 4.78 is 14.2. The highest BCUT2D eigenvalue weighted by atomic mass is 32.2. The Balaban J connectivity index is 1.21. The molecule has 0 unspecified atom stereocenters. The summed E-state index contributed by atoms with van der Waals surface area (Å²) in [7, 11) is 1.92. The SMILES string of the molecule is Cn1c(CNC(=O)CSc2nc(-c3ccc4c(c3)OCO4)nc3cc(=O)[nH]n23)nc2ccccc21. The van der Waals surface area contributed by atoms with Gasteiger partial charge in [-0.05, 0) is 30.3 Å². The van der Waals surface area contributed by atoms with Gasteiger partial charge in [-0.1, -0.05) is 23.9 Å². The fourth-order valence-electron chi connectivity index (χ4n) is 3.86. The van der Waals surface area contributed by atoms with E-state index in [0.717, 1.165) is 16.9 Å². The third-order valence-corrected chi connectivity index (χ3v) is 6.55. The van der Waals surface area contributed by atoms with E-state index >= 15 is 0 Å². The molecule has 11 nitrogen and oxygen atoms in total. The predicted octanol–water partition coefficient (Wildman–Crippen LogP) is 2.11. The molecule has 2 N–H and O–H groups in total. The number of ether oxygens (including phenoxy) is 2. The van der Waals surface area contributed by atoms with E-state index in [4.69, 9.17) is 9.47 Å². The fourth-order valence-corrected chi connectivity index (χ4v) is 4.64. The number of carbonyl (C=O) groups is 1. The maximum absolute atomic E-state index is 12.6. The Morgan fingerprint density at radius 1 is 1.11 bits per heavy atom. The maximum Gasteiger partial charge on any atom is 0.266 e. The quantitative estimate of drug-likeness (QED) is 0.347. The highest BCUT2D eigenvalue weighted by Gasteiger charge is 2.18. The molecule has 5 aromatic rings. The minimum Gasteiger partial charge on any atom is -0.454 e. The van der Waals surface area contributed by atoms with E-state index in [-0.39, 0.29) is 24.0 Å². The molecular weight excluding hydrogens is 470 g/mol. The first-order valence-electron chi connectivity index (χ1n) is 10.7. The molecule has 1 aliphatic heterocycles. The average Bonchev–Trinajstić information content (AvgIpc) is 3.57. The molecule has 12 heteroatoms. The minimum atomic E-state index is -0.310. The van der Waals surface area contributed by atoms with Gasteiger partial charge in [0.2, 0.25) is 12.7 Å². The van der Waals surface area contributed by atoms with Crippen LogP contribution in [0.3, 0.4) is 0 Å². The third kappa shape index (κ3) is 3.97. The number of aryl methyl sites for hydroxylation is 1. The lowest BCUT2D eigenvalue weighted by molar-refractivity contribution is -0.118. The Labute approximate surface area is 202 Å². The molecule has 35 heavy (non-hydrogen) atoms. The first-order valence-corrected chi connectivity index (χ1v) is 11.7. The largest absolute Gasteiger partial charge is 0.454 e. The molecule has 1 aliphatic rings. The summed E-state index contributed by atoms with van der Waals surface area (Å²) in [4.78, 5) is 38.2. The van der Waals surface area contributed by atoms with Crippen LogP contribution < -0.4 is 20.3 Å². The van der Waals surface area contributed by atoms with Gasteiger partial charge in [0.15, 0.2) is 28.1 Å². The van der Waals surface area contributed by atoms with Crippen molar-refractivity contribution in [3.63, 3.8) is 0 Å². The van der Waals surface area contributed by atoms with Gasteiger partial charge in [-0.15, -0.1) is 0 Å². The molecule has 0 saturated heterocycles. The average molecular weight is 490 g/mol. The van der Waals surface area contributed by atoms with Crippen LogP contribution in [0.1, 0.15) is 5.82 Å². The van der Waals surface area contributed by atoms with Gasteiger partial charge in [-0.25, -0.2) is 19.5 Å². The molecule has 0 atom stereocenters. The van der Waals surface area contributed by atoms with Crippen molar-refractivity contribution in [2.75, 3.05) is 12.5 Å². The van der Waals surface area contributed by atoms with E-state index in [1.54, 1.807) is 12.1 Å². The molecule has 2 aromatic carbocycles. The second kappa shape index (κ2) is 8.47. The van der Waals surface area contributed by atoms with Crippen molar-refractivity contribution in [3.8, 4) is 22.9 Å². The van der Waals surface area contributed by atoms with Crippen molar-refractivity contribution >= 4 is 34.3 Å². The standard InChI is InChI=1S/C23H19N7O4S/c1-29-15-5-3-2-4-14(15)25-19(29)10-24-21(32)11-35-23-27-22(26-18-9-20(31)28-30(18)23)13-6-7-16-17(8-13)34-12-33-16/h2-9H,10-12H2,1H3,(H,24,32)(H,28,31). The Hall–Kier alpha value is -4.32. The van der Waals surface area contributed by atoms with E-state index in [2.05, 4.69) is 25.4 Å². The highest BCUT2D eigenvalue weighted by Crippen LogP contribution is 2.35. The van der Waals surface area contributed by atoms with Crippen LogP contribution in [-0.2, 0) is 18.4 Å². The van der Waals surface area contributed by atoms with Crippen LogP contribution in [0.2, 0.25) is 0 Å². The number of hydrogen-bond acceptors (Lipinski definition) is 8. The van der Waals surface area contributed by atoms with Gasteiger partial charge >= 0.3 is 0 Å². The van der Waals surface area contributed by atoms with Gasteiger partial charge in [0.05, 0.1) is 23.3 Å². The monoisotopic (exact) mass is 489 g/mol. The van der Waals surface area contributed by atoms with E-state index < -0.39 is 0 Å². The second-order valence-electron chi connectivity index (χ2n) is 7.85. The molecular formula is C23H19N7O4S. The zero-order chi connectivity index (χ0) is 23.9. The lowest BCUT2D eigenvalue weighted by Gasteiger charge is -2.09. The summed E-state index contributed by atoms with van der Waals surface area (Å²) >= 11 is 1.20. The van der Waals surface area contributed by atoms with Crippen LogP contribution in [0.5, 0.6) is 11.5 Å². The lowest BCUT2D eigenvalue weighted by Crippen LogP contribution is -2.26. The lowest BCUT2D eigenvalue weighted by atomic mass is 10.2. The minimum absolute atomic E-state index is 0.0941. The number of nitrogens with zero attached hydrogens (tertiary/aromatic N) is 5. The van der Waals surface area contributed by atoms with Gasteiger partial charge < -0.3 is 19.4 Å². The van der Waals surface area contributed by atoms with Gasteiger partial charge in [-0.3, -0.25) is 14.7 Å². The number of carbonyl (C=O) groups excluding carboxylic acids is 1. The predicted molar refractivity (Wildman–Crippen MR) is 128 cm³/mol. The maximum atomic E-state index is 12.6. The zero-order valence-electron chi connectivity index (χ0n) is 18.5. The van der Waals surface area contributed by atoms with Crippen molar-refractivity contribution in [2.24, 2.45) is 7.05 Å². The molecule has 3 aromatic heterocycles. The number of benzene rings is 2. The van der Waals surface area contributed by atoms with Crippen LogP contribution in [0.15, 0.2) is 58.5 Å². The summed E-state index contributed by atoms with van der Waals surface area (Å²) in [5.41, 5.74) is 2.68. The number of imidazole rings is 1. The molecule has 1 amide bonds. The fraction of sp³-hybridized carbons (Fsp3) is 0.174. The number of hydrogen-bond donors (Lipinski definition) is 2. The molecule has 6 rings (SSSR count). The first kappa shape index (κ1) is 21.2. The third-order valence-electron chi connectivity index (χ3n) is 5.61. The molecule has 0 aliphatic carbocycles. The van der Waals surface area contributed by atoms with Crippen molar-refractivity contribution < 1.29 is 14.3 Å². The highest BCUT2D eigenvalue weighted by molar-refractivity contribution is 7.99. The van der Waals surface area contributed by atoms with E-state index in [1.807, 2.05) is 41.9 Å².